The quantitative estimate of drug-likeness (QED) is 0.866. The highest BCUT2D eigenvalue weighted by atomic mass is 16.2. The standard InChI is InChI=1S/C16H17N3O/c17-15-4-2-1-3-13(15)11-19(14-5-6-14)16(20)12-7-9-18-10-8-12/h1-4,7-10,14H,5-6,11,17H2. The molecule has 0 atom stereocenters. The molecule has 1 aliphatic carbocycles. The molecule has 3 rings (SSSR count). The van der Waals surface area contributed by atoms with Gasteiger partial charge in [0.1, 0.15) is 0 Å². The van der Waals surface area contributed by atoms with Crippen LogP contribution < -0.4 is 5.73 Å². The summed E-state index contributed by atoms with van der Waals surface area (Å²) < 4.78 is 0. The molecule has 2 N–H and O–H groups in total. The van der Waals surface area contributed by atoms with Crippen LogP contribution in [0.2, 0.25) is 0 Å². The van der Waals surface area contributed by atoms with Gasteiger partial charge < -0.3 is 10.6 Å². The molecule has 1 aromatic heterocycles. The molecular weight excluding hydrogens is 250 g/mol. The van der Waals surface area contributed by atoms with Crippen molar-refractivity contribution in [1.29, 1.82) is 0 Å². The Morgan fingerprint density at radius 1 is 1.20 bits per heavy atom. The predicted molar refractivity (Wildman–Crippen MR) is 78.0 cm³/mol. The summed E-state index contributed by atoms with van der Waals surface area (Å²) >= 11 is 0. The molecular formula is C16H17N3O. The van der Waals surface area contributed by atoms with Gasteiger partial charge in [0.15, 0.2) is 0 Å². The molecule has 0 unspecified atom stereocenters. The summed E-state index contributed by atoms with van der Waals surface area (Å²) in [5.41, 5.74) is 8.40. The highest BCUT2D eigenvalue weighted by Crippen LogP contribution is 2.30. The Bertz CT molecular complexity index is 608. The van der Waals surface area contributed by atoms with E-state index in [0.717, 1.165) is 24.1 Å². The zero-order valence-corrected chi connectivity index (χ0v) is 11.2. The molecule has 4 heteroatoms. The lowest BCUT2D eigenvalue weighted by atomic mass is 10.1. The summed E-state index contributed by atoms with van der Waals surface area (Å²) in [4.78, 5) is 18.5. The van der Waals surface area contributed by atoms with Gasteiger partial charge >= 0.3 is 0 Å². The molecule has 20 heavy (non-hydrogen) atoms. The number of carbonyl (C=O) groups is 1. The maximum Gasteiger partial charge on any atom is 0.254 e. The van der Waals surface area contributed by atoms with Gasteiger partial charge in [-0.25, -0.2) is 0 Å². The van der Waals surface area contributed by atoms with Crippen LogP contribution >= 0.6 is 0 Å². The van der Waals surface area contributed by atoms with E-state index in [0.29, 0.717) is 18.2 Å². The molecule has 4 nitrogen and oxygen atoms in total. The number of rotatable bonds is 4. The monoisotopic (exact) mass is 267 g/mol. The fraction of sp³-hybridized carbons (Fsp3) is 0.250. The first-order chi connectivity index (χ1) is 9.75. The summed E-state index contributed by atoms with van der Waals surface area (Å²) in [6, 6.07) is 11.6. The minimum absolute atomic E-state index is 0.0538. The van der Waals surface area contributed by atoms with Gasteiger partial charge in [-0.2, -0.15) is 0 Å². The smallest absolute Gasteiger partial charge is 0.254 e. The minimum Gasteiger partial charge on any atom is -0.398 e. The van der Waals surface area contributed by atoms with E-state index in [4.69, 9.17) is 5.73 Å². The number of hydrogen-bond donors (Lipinski definition) is 1. The Labute approximate surface area is 118 Å². The first-order valence-corrected chi connectivity index (χ1v) is 6.80. The lowest BCUT2D eigenvalue weighted by Gasteiger charge is -2.23. The number of nitrogens with zero attached hydrogens (tertiary/aromatic N) is 2. The van der Waals surface area contributed by atoms with Crippen molar-refractivity contribution in [3.05, 3.63) is 59.9 Å². The molecule has 0 aliphatic heterocycles. The Morgan fingerprint density at radius 3 is 2.55 bits per heavy atom. The van der Waals surface area contributed by atoms with Crippen molar-refractivity contribution in [2.75, 3.05) is 5.73 Å². The normalized spacial score (nSPS) is 14.0. The highest BCUT2D eigenvalue weighted by molar-refractivity contribution is 5.94. The fourth-order valence-electron chi connectivity index (χ4n) is 2.27. The van der Waals surface area contributed by atoms with Crippen molar-refractivity contribution < 1.29 is 4.79 Å². The summed E-state index contributed by atoms with van der Waals surface area (Å²) in [6.07, 6.45) is 5.44. The second-order valence-corrected chi connectivity index (χ2v) is 5.10. The van der Waals surface area contributed by atoms with Crippen LogP contribution in [-0.4, -0.2) is 21.8 Å². The van der Waals surface area contributed by atoms with E-state index < -0.39 is 0 Å². The maximum atomic E-state index is 12.6. The Hall–Kier alpha value is -2.36. The Balaban J connectivity index is 1.83. The van der Waals surface area contributed by atoms with E-state index in [1.165, 1.54) is 0 Å². The van der Waals surface area contributed by atoms with Gasteiger partial charge in [0, 0.05) is 36.2 Å². The van der Waals surface area contributed by atoms with Gasteiger partial charge in [-0.05, 0) is 36.6 Å². The molecule has 0 spiro atoms. The molecule has 1 amide bonds. The first-order valence-electron chi connectivity index (χ1n) is 6.80. The molecule has 1 aromatic carbocycles. The van der Waals surface area contributed by atoms with Gasteiger partial charge in [-0.15, -0.1) is 0 Å². The number of amides is 1. The second-order valence-electron chi connectivity index (χ2n) is 5.10. The number of anilines is 1. The van der Waals surface area contributed by atoms with Gasteiger partial charge in [-0.3, -0.25) is 9.78 Å². The van der Waals surface area contributed by atoms with E-state index in [9.17, 15) is 4.79 Å². The van der Waals surface area contributed by atoms with Crippen LogP contribution in [0.15, 0.2) is 48.8 Å². The van der Waals surface area contributed by atoms with Crippen LogP contribution in [0.5, 0.6) is 0 Å². The molecule has 2 aromatic rings. The summed E-state index contributed by atoms with van der Waals surface area (Å²) in [5, 5.41) is 0. The average Bonchev–Trinajstić information content (AvgIpc) is 3.31. The predicted octanol–water partition coefficient (Wildman–Crippen LogP) is 2.47. The van der Waals surface area contributed by atoms with Crippen molar-refractivity contribution in [3.8, 4) is 0 Å². The third kappa shape index (κ3) is 2.64. The fourth-order valence-corrected chi connectivity index (χ4v) is 2.27. The van der Waals surface area contributed by atoms with E-state index >= 15 is 0 Å². The summed E-state index contributed by atoms with van der Waals surface area (Å²) in [6.45, 7) is 0.568. The number of pyridine rings is 1. The molecule has 1 aliphatic rings. The number of hydrogen-bond acceptors (Lipinski definition) is 3. The minimum atomic E-state index is 0.0538. The van der Waals surface area contributed by atoms with Crippen molar-refractivity contribution in [2.45, 2.75) is 25.4 Å². The van der Waals surface area contributed by atoms with Crippen LogP contribution in [-0.2, 0) is 6.54 Å². The zero-order valence-electron chi connectivity index (χ0n) is 11.2. The molecule has 1 saturated carbocycles. The third-order valence-electron chi connectivity index (χ3n) is 3.57. The molecule has 102 valence electrons. The molecule has 0 saturated heterocycles. The van der Waals surface area contributed by atoms with Crippen LogP contribution in [0.3, 0.4) is 0 Å². The van der Waals surface area contributed by atoms with Crippen LogP contribution in [0.4, 0.5) is 5.69 Å². The van der Waals surface area contributed by atoms with Crippen LogP contribution in [0.25, 0.3) is 0 Å². The van der Waals surface area contributed by atoms with Gasteiger partial charge in [-0.1, -0.05) is 18.2 Å². The Morgan fingerprint density at radius 2 is 1.90 bits per heavy atom. The van der Waals surface area contributed by atoms with E-state index in [-0.39, 0.29) is 5.91 Å². The van der Waals surface area contributed by atoms with Crippen molar-refractivity contribution >= 4 is 11.6 Å². The molecule has 1 fully saturated rings. The summed E-state index contributed by atoms with van der Waals surface area (Å²) in [5.74, 6) is 0.0538. The topological polar surface area (TPSA) is 59.2 Å². The molecule has 1 heterocycles. The lowest BCUT2D eigenvalue weighted by Crippen LogP contribution is -2.32. The van der Waals surface area contributed by atoms with E-state index in [2.05, 4.69) is 4.98 Å². The average molecular weight is 267 g/mol. The number of benzene rings is 1. The van der Waals surface area contributed by atoms with Crippen molar-refractivity contribution in [1.82, 2.24) is 9.88 Å². The maximum absolute atomic E-state index is 12.6. The lowest BCUT2D eigenvalue weighted by molar-refractivity contribution is 0.0730. The summed E-state index contributed by atoms with van der Waals surface area (Å²) in [7, 11) is 0. The van der Waals surface area contributed by atoms with Gasteiger partial charge in [0.05, 0.1) is 0 Å². The van der Waals surface area contributed by atoms with Crippen molar-refractivity contribution in [3.63, 3.8) is 0 Å². The first kappa shape index (κ1) is 12.7. The van der Waals surface area contributed by atoms with Gasteiger partial charge in [0.25, 0.3) is 5.91 Å². The van der Waals surface area contributed by atoms with E-state index in [1.807, 2.05) is 29.2 Å². The van der Waals surface area contributed by atoms with Gasteiger partial charge in [0.2, 0.25) is 0 Å². The number of nitrogen functional groups attached to an aromatic ring is 1. The molecule has 0 radical (unpaired) electrons. The molecule has 0 bridgehead atoms. The second kappa shape index (κ2) is 5.33. The number of aromatic nitrogens is 1. The number of nitrogens with two attached hydrogens (primary N) is 1. The Kier molecular flexibility index (Phi) is 3.37. The third-order valence-corrected chi connectivity index (χ3v) is 3.57. The SMILES string of the molecule is Nc1ccccc1CN(C(=O)c1ccncc1)C1CC1. The van der Waals surface area contributed by atoms with Crippen LogP contribution in [0, 0.1) is 0 Å². The number of para-hydroxylation sites is 1. The van der Waals surface area contributed by atoms with E-state index in [1.54, 1.807) is 24.5 Å². The number of carbonyl (C=O) groups excluding carboxylic acids is 1. The zero-order chi connectivity index (χ0) is 13.9. The van der Waals surface area contributed by atoms with Crippen molar-refractivity contribution in [2.24, 2.45) is 0 Å². The highest BCUT2D eigenvalue weighted by Gasteiger charge is 2.33. The van der Waals surface area contributed by atoms with Crippen LogP contribution in [0.1, 0.15) is 28.8 Å². The largest absolute Gasteiger partial charge is 0.398 e.